The van der Waals surface area contributed by atoms with Crippen molar-refractivity contribution in [2.45, 2.75) is 70.6 Å². The van der Waals surface area contributed by atoms with Crippen LogP contribution >= 0.6 is 11.6 Å². The van der Waals surface area contributed by atoms with Crippen LogP contribution in [0.25, 0.3) is 10.8 Å². The Bertz CT molecular complexity index is 719. The van der Waals surface area contributed by atoms with Gasteiger partial charge in [-0.1, -0.05) is 68.5 Å². The number of hydrogen-bond donors (Lipinski definition) is 0. The zero-order valence-electron chi connectivity index (χ0n) is 15.5. The molecule has 2 aromatic rings. The Hall–Kier alpha value is -1.01. The standard InChI is InChI=1S/C24H31Cl/c1-2-3-4-17-5-6-19-14-20(8-7-18(19)13-17)21-9-10-23-16-24(25)12-11-22(23)15-21/h9-12,15-20H,2-8,13-14H2,1H3/t17-,18?,19-,20?/m1/s1. The predicted octanol–water partition coefficient (Wildman–Crippen LogP) is 7.98. The van der Waals surface area contributed by atoms with Gasteiger partial charge in [-0.15, -0.1) is 0 Å². The molecule has 1 heteroatoms. The Labute approximate surface area is 158 Å². The molecule has 0 bridgehead atoms. The molecular formula is C24H31Cl. The molecule has 0 aromatic heterocycles. The van der Waals surface area contributed by atoms with Gasteiger partial charge in [-0.2, -0.15) is 0 Å². The summed E-state index contributed by atoms with van der Waals surface area (Å²) in [5.74, 6) is 3.81. The quantitative estimate of drug-likeness (QED) is 0.522. The van der Waals surface area contributed by atoms with Crippen LogP contribution in [-0.4, -0.2) is 0 Å². The number of fused-ring (bicyclic) bond motifs is 2. The number of halogens is 1. The van der Waals surface area contributed by atoms with E-state index in [2.05, 4.69) is 37.3 Å². The Balaban J connectivity index is 1.43. The summed E-state index contributed by atoms with van der Waals surface area (Å²) in [6, 6.07) is 13.3. The topological polar surface area (TPSA) is 0 Å². The summed E-state index contributed by atoms with van der Waals surface area (Å²) >= 11 is 6.13. The van der Waals surface area contributed by atoms with Crippen molar-refractivity contribution in [3.8, 4) is 0 Å². The molecule has 2 fully saturated rings. The van der Waals surface area contributed by atoms with E-state index < -0.39 is 0 Å². The molecule has 2 saturated carbocycles. The first-order valence-corrected chi connectivity index (χ1v) is 10.8. The van der Waals surface area contributed by atoms with Gasteiger partial charge in [-0.05, 0) is 84.2 Å². The SMILES string of the molecule is CCCC[C@@H]1CC[C@@H]2CC(c3ccc4cc(Cl)ccc4c3)CCC2C1. The van der Waals surface area contributed by atoms with E-state index in [9.17, 15) is 0 Å². The van der Waals surface area contributed by atoms with Crippen molar-refractivity contribution >= 4 is 22.4 Å². The predicted molar refractivity (Wildman–Crippen MR) is 109 cm³/mol. The van der Waals surface area contributed by atoms with E-state index >= 15 is 0 Å². The van der Waals surface area contributed by atoms with E-state index in [1.54, 1.807) is 5.56 Å². The summed E-state index contributed by atoms with van der Waals surface area (Å²) in [4.78, 5) is 0. The van der Waals surface area contributed by atoms with Crippen molar-refractivity contribution in [3.63, 3.8) is 0 Å². The minimum atomic E-state index is 0.772. The molecule has 0 spiro atoms. The molecule has 2 unspecified atom stereocenters. The van der Waals surface area contributed by atoms with E-state index in [0.29, 0.717) is 0 Å². The van der Waals surface area contributed by atoms with Gasteiger partial charge < -0.3 is 0 Å². The lowest BCUT2D eigenvalue weighted by molar-refractivity contribution is 0.113. The Morgan fingerprint density at radius 1 is 0.880 bits per heavy atom. The molecule has 4 atom stereocenters. The van der Waals surface area contributed by atoms with Crippen molar-refractivity contribution < 1.29 is 0 Å². The number of benzene rings is 2. The molecule has 0 aliphatic heterocycles. The molecule has 0 saturated heterocycles. The van der Waals surface area contributed by atoms with Crippen LogP contribution in [0.15, 0.2) is 36.4 Å². The maximum Gasteiger partial charge on any atom is 0.0412 e. The van der Waals surface area contributed by atoms with Crippen LogP contribution in [0.2, 0.25) is 5.02 Å². The Morgan fingerprint density at radius 2 is 1.64 bits per heavy atom. The minimum absolute atomic E-state index is 0.772. The van der Waals surface area contributed by atoms with Crippen LogP contribution in [0.3, 0.4) is 0 Å². The van der Waals surface area contributed by atoms with Gasteiger partial charge in [-0.25, -0.2) is 0 Å². The van der Waals surface area contributed by atoms with Crippen LogP contribution in [0.4, 0.5) is 0 Å². The van der Waals surface area contributed by atoms with E-state index in [1.807, 2.05) is 6.07 Å². The molecule has 0 N–H and O–H groups in total. The second kappa shape index (κ2) is 7.70. The lowest BCUT2D eigenvalue weighted by Gasteiger charge is -2.42. The zero-order valence-corrected chi connectivity index (χ0v) is 16.3. The van der Waals surface area contributed by atoms with Gasteiger partial charge in [0.2, 0.25) is 0 Å². The summed E-state index contributed by atoms with van der Waals surface area (Å²) in [5, 5.41) is 3.44. The molecule has 25 heavy (non-hydrogen) atoms. The number of hydrogen-bond acceptors (Lipinski definition) is 0. The van der Waals surface area contributed by atoms with E-state index in [1.165, 1.54) is 68.6 Å². The normalized spacial score (nSPS) is 29.5. The molecule has 2 aromatic carbocycles. The largest absolute Gasteiger partial charge is 0.0843 e. The van der Waals surface area contributed by atoms with Crippen LogP contribution in [0, 0.1) is 17.8 Å². The third-order valence-corrected chi connectivity index (χ3v) is 7.22. The van der Waals surface area contributed by atoms with E-state index in [4.69, 9.17) is 11.6 Å². The first-order chi connectivity index (χ1) is 12.2. The van der Waals surface area contributed by atoms with Crippen LogP contribution in [-0.2, 0) is 0 Å². The second-order valence-corrected chi connectivity index (χ2v) is 9.04. The fourth-order valence-corrected chi connectivity index (χ4v) is 5.71. The maximum atomic E-state index is 6.13. The van der Waals surface area contributed by atoms with Gasteiger partial charge in [0.25, 0.3) is 0 Å². The molecule has 4 rings (SSSR count). The molecule has 0 nitrogen and oxygen atoms in total. The van der Waals surface area contributed by atoms with Crippen LogP contribution in [0.5, 0.6) is 0 Å². The minimum Gasteiger partial charge on any atom is -0.0843 e. The first kappa shape index (κ1) is 17.4. The van der Waals surface area contributed by atoms with Gasteiger partial charge in [0.05, 0.1) is 0 Å². The highest BCUT2D eigenvalue weighted by Gasteiger charge is 2.35. The molecule has 2 aliphatic rings. The third kappa shape index (κ3) is 3.90. The lowest BCUT2D eigenvalue weighted by atomic mass is 9.63. The molecule has 0 amide bonds. The highest BCUT2D eigenvalue weighted by molar-refractivity contribution is 6.31. The van der Waals surface area contributed by atoms with Crippen molar-refractivity contribution in [1.29, 1.82) is 0 Å². The highest BCUT2D eigenvalue weighted by atomic mass is 35.5. The third-order valence-electron chi connectivity index (χ3n) is 6.99. The summed E-state index contributed by atoms with van der Waals surface area (Å²) < 4.78 is 0. The van der Waals surface area contributed by atoms with Gasteiger partial charge >= 0.3 is 0 Å². The first-order valence-electron chi connectivity index (χ1n) is 10.4. The average molecular weight is 355 g/mol. The maximum absolute atomic E-state index is 6.13. The van der Waals surface area contributed by atoms with Crippen LogP contribution < -0.4 is 0 Å². The lowest BCUT2D eigenvalue weighted by Crippen LogP contribution is -2.30. The second-order valence-electron chi connectivity index (χ2n) is 8.60. The summed E-state index contributed by atoms with van der Waals surface area (Å²) in [5.41, 5.74) is 1.56. The van der Waals surface area contributed by atoms with Crippen molar-refractivity contribution in [1.82, 2.24) is 0 Å². The smallest absolute Gasteiger partial charge is 0.0412 e. The van der Waals surface area contributed by atoms with Crippen LogP contribution in [0.1, 0.15) is 76.2 Å². The van der Waals surface area contributed by atoms with Gasteiger partial charge in [0.15, 0.2) is 0 Å². The Morgan fingerprint density at radius 3 is 2.52 bits per heavy atom. The number of unbranched alkanes of at least 4 members (excludes halogenated alkanes) is 1. The van der Waals surface area contributed by atoms with Gasteiger partial charge in [-0.3, -0.25) is 0 Å². The van der Waals surface area contributed by atoms with E-state index in [-0.39, 0.29) is 0 Å². The molecule has 2 aliphatic carbocycles. The fraction of sp³-hybridized carbons (Fsp3) is 0.583. The zero-order chi connectivity index (χ0) is 17.2. The Kier molecular flexibility index (Phi) is 5.36. The van der Waals surface area contributed by atoms with E-state index in [0.717, 1.165) is 28.7 Å². The summed E-state index contributed by atoms with van der Waals surface area (Å²) in [6.07, 6.45) is 13.0. The van der Waals surface area contributed by atoms with Crippen molar-refractivity contribution in [2.75, 3.05) is 0 Å². The molecule has 134 valence electrons. The molecular weight excluding hydrogens is 324 g/mol. The molecule has 0 heterocycles. The average Bonchev–Trinajstić information content (AvgIpc) is 2.65. The van der Waals surface area contributed by atoms with Gasteiger partial charge in [0, 0.05) is 5.02 Å². The fourth-order valence-electron chi connectivity index (χ4n) is 5.53. The highest BCUT2D eigenvalue weighted by Crippen LogP contribution is 2.48. The number of rotatable bonds is 4. The summed E-state index contributed by atoms with van der Waals surface area (Å²) in [7, 11) is 0. The molecule has 0 radical (unpaired) electrons. The van der Waals surface area contributed by atoms with Crippen molar-refractivity contribution in [2.24, 2.45) is 17.8 Å². The van der Waals surface area contributed by atoms with Gasteiger partial charge in [0.1, 0.15) is 0 Å². The summed E-state index contributed by atoms with van der Waals surface area (Å²) in [6.45, 7) is 2.33. The van der Waals surface area contributed by atoms with Crippen molar-refractivity contribution in [3.05, 3.63) is 47.0 Å². The monoisotopic (exact) mass is 354 g/mol.